The SMILES string of the molecule is CCc1ccc([C@@H]2Nc3ccccc3-n3cc4c(=O)n(C)c(=O)n(C)c4c32)cc1. The number of nitrogens with one attached hydrogen (secondary N) is 1. The highest BCUT2D eigenvalue weighted by Crippen LogP contribution is 2.40. The molecule has 0 fully saturated rings. The number of rotatable bonds is 2. The molecule has 2 aromatic carbocycles. The van der Waals surface area contributed by atoms with Crippen molar-refractivity contribution in [3.05, 3.63) is 92.4 Å². The monoisotopic (exact) mass is 386 g/mol. The smallest absolute Gasteiger partial charge is 0.331 e. The highest BCUT2D eigenvalue weighted by atomic mass is 16.2. The Labute approximate surface area is 167 Å². The second kappa shape index (κ2) is 6.24. The number of hydrogen-bond donors (Lipinski definition) is 1. The molecule has 0 bridgehead atoms. The van der Waals surface area contributed by atoms with Crippen LogP contribution in [0, 0.1) is 0 Å². The number of hydrogen-bond acceptors (Lipinski definition) is 3. The second-order valence-electron chi connectivity index (χ2n) is 7.54. The molecular formula is C23H22N4O2. The van der Waals surface area contributed by atoms with Crippen LogP contribution < -0.4 is 16.6 Å². The van der Waals surface area contributed by atoms with E-state index in [0.717, 1.165) is 29.1 Å². The normalized spacial score (nSPS) is 15.1. The Kier molecular flexibility index (Phi) is 3.77. The van der Waals surface area contributed by atoms with Gasteiger partial charge in [-0.05, 0) is 29.7 Å². The number of fused-ring (bicyclic) bond motifs is 5. The van der Waals surface area contributed by atoms with Gasteiger partial charge in [0.1, 0.15) is 0 Å². The summed E-state index contributed by atoms with van der Waals surface area (Å²) in [6, 6.07) is 16.3. The van der Waals surface area contributed by atoms with Crippen LogP contribution in [0.25, 0.3) is 16.6 Å². The average molecular weight is 386 g/mol. The van der Waals surface area contributed by atoms with Gasteiger partial charge in [-0.2, -0.15) is 0 Å². The topological polar surface area (TPSA) is 61.0 Å². The van der Waals surface area contributed by atoms with E-state index in [4.69, 9.17) is 0 Å². The van der Waals surface area contributed by atoms with Crippen molar-refractivity contribution in [1.29, 1.82) is 0 Å². The van der Waals surface area contributed by atoms with Gasteiger partial charge >= 0.3 is 5.69 Å². The van der Waals surface area contributed by atoms with Crippen molar-refractivity contribution in [3.63, 3.8) is 0 Å². The van der Waals surface area contributed by atoms with E-state index in [-0.39, 0.29) is 17.3 Å². The third-order valence-electron chi connectivity index (χ3n) is 5.92. The fourth-order valence-corrected chi connectivity index (χ4v) is 4.30. The molecule has 2 aromatic heterocycles. The summed E-state index contributed by atoms with van der Waals surface area (Å²) in [5.74, 6) is 0. The van der Waals surface area contributed by atoms with E-state index in [1.807, 2.05) is 30.5 Å². The third kappa shape index (κ3) is 2.42. The van der Waals surface area contributed by atoms with Crippen LogP contribution in [-0.2, 0) is 20.5 Å². The molecule has 1 aliphatic heterocycles. The fraction of sp³-hybridized carbons (Fsp3) is 0.217. The molecule has 0 unspecified atom stereocenters. The Morgan fingerprint density at radius 2 is 1.69 bits per heavy atom. The van der Waals surface area contributed by atoms with Crippen molar-refractivity contribution in [1.82, 2.24) is 13.7 Å². The zero-order chi connectivity index (χ0) is 20.3. The molecule has 1 aliphatic rings. The molecule has 29 heavy (non-hydrogen) atoms. The summed E-state index contributed by atoms with van der Waals surface area (Å²) in [7, 11) is 3.25. The van der Waals surface area contributed by atoms with Gasteiger partial charge in [0, 0.05) is 20.3 Å². The minimum absolute atomic E-state index is 0.175. The Morgan fingerprint density at radius 1 is 0.966 bits per heavy atom. The molecule has 3 heterocycles. The molecule has 1 N–H and O–H groups in total. The zero-order valence-electron chi connectivity index (χ0n) is 16.6. The summed E-state index contributed by atoms with van der Waals surface area (Å²) in [6.07, 6.45) is 2.84. The van der Waals surface area contributed by atoms with Gasteiger partial charge in [0.25, 0.3) is 5.56 Å². The van der Waals surface area contributed by atoms with Crippen molar-refractivity contribution >= 4 is 16.6 Å². The Bertz CT molecular complexity index is 1370. The molecule has 0 saturated heterocycles. The summed E-state index contributed by atoms with van der Waals surface area (Å²) in [5.41, 5.74) is 5.29. The Morgan fingerprint density at radius 3 is 2.41 bits per heavy atom. The number of aryl methyl sites for hydroxylation is 2. The van der Waals surface area contributed by atoms with E-state index in [0.29, 0.717) is 10.9 Å². The van der Waals surface area contributed by atoms with Crippen molar-refractivity contribution in [2.75, 3.05) is 5.32 Å². The summed E-state index contributed by atoms with van der Waals surface area (Å²) in [6.45, 7) is 2.13. The van der Waals surface area contributed by atoms with E-state index in [2.05, 4.69) is 41.1 Å². The molecule has 0 spiro atoms. The zero-order valence-corrected chi connectivity index (χ0v) is 16.6. The molecule has 146 valence electrons. The van der Waals surface area contributed by atoms with Crippen LogP contribution in [0.5, 0.6) is 0 Å². The van der Waals surface area contributed by atoms with Crippen LogP contribution in [-0.4, -0.2) is 13.7 Å². The number of para-hydroxylation sites is 2. The lowest BCUT2D eigenvalue weighted by molar-refractivity contribution is 0.708. The van der Waals surface area contributed by atoms with E-state index in [9.17, 15) is 9.59 Å². The van der Waals surface area contributed by atoms with Gasteiger partial charge in [0.2, 0.25) is 0 Å². The number of aromatic nitrogens is 3. The van der Waals surface area contributed by atoms with Gasteiger partial charge < -0.3 is 9.88 Å². The molecule has 6 nitrogen and oxygen atoms in total. The van der Waals surface area contributed by atoms with Gasteiger partial charge in [0.15, 0.2) is 0 Å². The molecule has 6 heteroatoms. The lowest BCUT2D eigenvalue weighted by atomic mass is 9.98. The van der Waals surface area contributed by atoms with E-state index in [1.54, 1.807) is 11.6 Å². The van der Waals surface area contributed by atoms with Crippen LogP contribution in [0.4, 0.5) is 5.69 Å². The first-order valence-electron chi connectivity index (χ1n) is 9.77. The third-order valence-corrected chi connectivity index (χ3v) is 5.92. The molecule has 1 atom stereocenters. The van der Waals surface area contributed by atoms with Crippen LogP contribution in [0.3, 0.4) is 0 Å². The average Bonchev–Trinajstić information content (AvgIpc) is 3.17. The standard InChI is InChI=1S/C23H22N4O2/c1-4-14-9-11-15(12-10-14)19-21-20-16(22(28)26(3)23(29)25(20)2)13-27(21)18-8-6-5-7-17(18)24-19/h5-13,19,24H,4H2,1-3H3/t19-/m0/s1. The lowest BCUT2D eigenvalue weighted by Gasteiger charge is -2.30. The van der Waals surface area contributed by atoms with Gasteiger partial charge in [-0.3, -0.25) is 13.9 Å². The second-order valence-corrected chi connectivity index (χ2v) is 7.54. The first-order chi connectivity index (χ1) is 14.0. The van der Waals surface area contributed by atoms with E-state index >= 15 is 0 Å². The van der Waals surface area contributed by atoms with E-state index in [1.165, 1.54) is 17.2 Å². The first kappa shape index (κ1) is 17.6. The molecule has 0 saturated carbocycles. The predicted octanol–water partition coefficient (Wildman–Crippen LogP) is 3.11. The maximum absolute atomic E-state index is 12.9. The first-order valence-corrected chi connectivity index (χ1v) is 9.77. The fourth-order valence-electron chi connectivity index (χ4n) is 4.30. The van der Waals surface area contributed by atoms with Crippen LogP contribution >= 0.6 is 0 Å². The summed E-state index contributed by atoms with van der Waals surface area (Å²) >= 11 is 0. The highest BCUT2D eigenvalue weighted by Gasteiger charge is 2.30. The Balaban J connectivity index is 1.88. The Hall–Kier alpha value is -3.54. The molecule has 4 aromatic rings. The quantitative estimate of drug-likeness (QED) is 0.576. The maximum Gasteiger partial charge on any atom is 0.331 e. The van der Waals surface area contributed by atoms with Gasteiger partial charge in [-0.15, -0.1) is 0 Å². The minimum Gasteiger partial charge on any atom is -0.371 e. The van der Waals surface area contributed by atoms with E-state index < -0.39 is 0 Å². The van der Waals surface area contributed by atoms with Gasteiger partial charge in [-0.25, -0.2) is 4.79 Å². The van der Waals surface area contributed by atoms with Crippen molar-refractivity contribution in [3.8, 4) is 5.69 Å². The van der Waals surface area contributed by atoms with Crippen molar-refractivity contribution < 1.29 is 0 Å². The minimum atomic E-state index is -0.324. The predicted molar refractivity (Wildman–Crippen MR) is 115 cm³/mol. The highest BCUT2D eigenvalue weighted by molar-refractivity contribution is 5.86. The van der Waals surface area contributed by atoms with Gasteiger partial charge in [0.05, 0.1) is 34.0 Å². The molecule has 5 rings (SSSR count). The van der Waals surface area contributed by atoms with Crippen LogP contribution in [0.15, 0.2) is 64.3 Å². The molecule has 0 radical (unpaired) electrons. The molecular weight excluding hydrogens is 364 g/mol. The summed E-state index contributed by atoms with van der Waals surface area (Å²) < 4.78 is 4.79. The number of nitrogens with zero attached hydrogens (tertiary/aromatic N) is 3. The summed E-state index contributed by atoms with van der Waals surface area (Å²) in [5, 5.41) is 4.16. The van der Waals surface area contributed by atoms with Crippen molar-refractivity contribution in [2.24, 2.45) is 14.1 Å². The van der Waals surface area contributed by atoms with Crippen molar-refractivity contribution in [2.45, 2.75) is 19.4 Å². The molecule has 0 amide bonds. The lowest BCUT2D eigenvalue weighted by Crippen LogP contribution is -2.37. The maximum atomic E-state index is 12.9. The molecule has 0 aliphatic carbocycles. The van der Waals surface area contributed by atoms with Crippen LogP contribution in [0.1, 0.15) is 29.8 Å². The number of anilines is 1. The van der Waals surface area contributed by atoms with Gasteiger partial charge in [-0.1, -0.05) is 43.3 Å². The number of benzene rings is 2. The summed E-state index contributed by atoms with van der Waals surface area (Å²) in [4.78, 5) is 25.5. The van der Waals surface area contributed by atoms with Crippen LogP contribution in [0.2, 0.25) is 0 Å². The largest absolute Gasteiger partial charge is 0.371 e.